The lowest BCUT2D eigenvalue weighted by Crippen LogP contribution is -2.58. The summed E-state index contributed by atoms with van der Waals surface area (Å²) < 4.78 is 0. The van der Waals surface area contributed by atoms with Crippen LogP contribution in [-0.2, 0) is 6.42 Å². The van der Waals surface area contributed by atoms with E-state index in [9.17, 15) is 9.90 Å². The predicted octanol–water partition coefficient (Wildman–Crippen LogP) is 4.67. The van der Waals surface area contributed by atoms with Gasteiger partial charge >= 0.3 is 0 Å². The molecule has 2 atom stereocenters. The molecular formula is C29H30N4O2. The van der Waals surface area contributed by atoms with Crippen LogP contribution in [-0.4, -0.2) is 59.0 Å². The number of hydrogen-bond donors (Lipinski definition) is 3. The third kappa shape index (κ3) is 4.15. The fraction of sp³-hybridized carbons (Fsp3) is 0.276. The molecule has 1 aromatic heterocycles. The summed E-state index contributed by atoms with van der Waals surface area (Å²) in [5, 5.41) is 14.7. The fourth-order valence-electron chi connectivity index (χ4n) is 5.68. The van der Waals surface area contributed by atoms with Crippen LogP contribution in [0.3, 0.4) is 0 Å². The first kappa shape index (κ1) is 21.7. The van der Waals surface area contributed by atoms with Crippen LogP contribution in [0.2, 0.25) is 0 Å². The average molecular weight is 467 g/mol. The molecule has 1 saturated heterocycles. The number of nitrogens with zero attached hydrogens (tertiary/aromatic N) is 2. The van der Waals surface area contributed by atoms with E-state index in [1.807, 2.05) is 12.3 Å². The molecule has 178 valence electrons. The minimum Gasteiger partial charge on any atom is -0.508 e. The third-order valence-corrected chi connectivity index (χ3v) is 7.50. The van der Waals surface area contributed by atoms with Gasteiger partial charge in [-0.2, -0.15) is 0 Å². The highest BCUT2D eigenvalue weighted by molar-refractivity contribution is 6.01. The largest absolute Gasteiger partial charge is 0.508 e. The first-order valence-corrected chi connectivity index (χ1v) is 12.4. The van der Waals surface area contributed by atoms with Crippen molar-refractivity contribution < 1.29 is 9.90 Å². The van der Waals surface area contributed by atoms with E-state index >= 15 is 0 Å². The lowest BCUT2D eigenvalue weighted by atomic mass is 9.88. The number of para-hydroxylation sites is 1. The maximum Gasteiger partial charge on any atom is 0.182 e. The van der Waals surface area contributed by atoms with Gasteiger partial charge in [-0.25, -0.2) is 0 Å². The second kappa shape index (κ2) is 9.12. The molecule has 0 spiro atoms. The number of anilines is 2. The quantitative estimate of drug-likeness (QED) is 0.373. The first-order valence-electron chi connectivity index (χ1n) is 12.4. The van der Waals surface area contributed by atoms with Crippen LogP contribution in [0, 0.1) is 0 Å². The van der Waals surface area contributed by atoms with Gasteiger partial charge in [0.05, 0.1) is 6.04 Å². The number of rotatable bonds is 5. The molecule has 4 aromatic rings. The van der Waals surface area contributed by atoms with E-state index in [4.69, 9.17) is 0 Å². The molecular weight excluding hydrogens is 436 g/mol. The molecule has 2 aliphatic rings. The number of piperazine rings is 1. The van der Waals surface area contributed by atoms with E-state index in [1.165, 1.54) is 16.6 Å². The Bertz CT molecular complexity index is 1340. The van der Waals surface area contributed by atoms with Crippen molar-refractivity contribution >= 4 is 28.1 Å². The summed E-state index contributed by atoms with van der Waals surface area (Å²) in [6.07, 6.45) is 3.86. The number of phenolic OH excluding ortho intramolecular Hbond substituents is 1. The number of Topliss-reactive ketones (excluding diaryl/α,β-unsaturated/α-hetero) is 1. The molecule has 3 N–H and O–H groups in total. The number of aromatic nitrogens is 1. The highest BCUT2D eigenvalue weighted by Gasteiger charge is 2.37. The fourth-order valence-corrected chi connectivity index (χ4v) is 5.68. The minimum absolute atomic E-state index is 0.0332. The number of hydrogen-bond acceptors (Lipinski definition) is 5. The third-order valence-electron chi connectivity index (χ3n) is 7.50. The lowest BCUT2D eigenvalue weighted by molar-refractivity contribution is 0.0771. The molecule has 6 heteroatoms. The normalized spacial score (nSPS) is 19.2. The average Bonchev–Trinajstić information content (AvgIpc) is 3.39. The van der Waals surface area contributed by atoms with Crippen molar-refractivity contribution in [1.82, 2.24) is 9.88 Å². The standard InChI is InChI=1S/C29H30N4O2/c34-22-11-8-21(9-12-22)29(35)28(26-13-10-20-4-1-2-5-24(20)31-26)33-18-16-32(17-19-33)27-7-3-6-25-23(27)14-15-30-25/h1-9,11-12,14-15,26,28,30-31,34H,10,13,16-19H2. The topological polar surface area (TPSA) is 71.6 Å². The van der Waals surface area contributed by atoms with Gasteiger partial charge < -0.3 is 20.3 Å². The molecule has 2 aliphatic heterocycles. The van der Waals surface area contributed by atoms with Gasteiger partial charge in [0, 0.05) is 66.3 Å². The Morgan fingerprint density at radius 2 is 1.71 bits per heavy atom. The van der Waals surface area contributed by atoms with Crippen molar-refractivity contribution in [3.8, 4) is 5.75 Å². The molecule has 6 nitrogen and oxygen atoms in total. The number of aryl methyl sites for hydroxylation is 1. The van der Waals surface area contributed by atoms with Gasteiger partial charge in [-0.3, -0.25) is 9.69 Å². The number of H-pyrrole nitrogens is 1. The zero-order valence-corrected chi connectivity index (χ0v) is 19.7. The van der Waals surface area contributed by atoms with Crippen LogP contribution in [0.25, 0.3) is 10.9 Å². The highest BCUT2D eigenvalue weighted by atomic mass is 16.3. The lowest BCUT2D eigenvalue weighted by Gasteiger charge is -2.44. The van der Waals surface area contributed by atoms with Crippen LogP contribution in [0.5, 0.6) is 5.75 Å². The zero-order chi connectivity index (χ0) is 23.8. The number of carbonyl (C=O) groups is 1. The van der Waals surface area contributed by atoms with E-state index in [2.05, 4.69) is 62.6 Å². The summed E-state index contributed by atoms with van der Waals surface area (Å²) in [5.41, 5.74) is 5.48. The number of fused-ring (bicyclic) bond motifs is 2. The molecule has 0 amide bonds. The molecule has 3 heterocycles. The minimum atomic E-state index is -0.266. The Balaban J connectivity index is 1.26. The molecule has 0 saturated carbocycles. The van der Waals surface area contributed by atoms with Gasteiger partial charge in [0.2, 0.25) is 0 Å². The van der Waals surface area contributed by atoms with Gasteiger partial charge in [0.1, 0.15) is 5.75 Å². The van der Waals surface area contributed by atoms with Gasteiger partial charge in [-0.1, -0.05) is 24.3 Å². The summed E-state index contributed by atoms with van der Waals surface area (Å²) in [4.78, 5) is 22.0. The number of carbonyl (C=O) groups excluding carboxylic acids is 1. The Morgan fingerprint density at radius 1 is 0.914 bits per heavy atom. The smallest absolute Gasteiger partial charge is 0.182 e. The van der Waals surface area contributed by atoms with E-state index < -0.39 is 0 Å². The van der Waals surface area contributed by atoms with Crippen LogP contribution in [0.4, 0.5) is 11.4 Å². The van der Waals surface area contributed by atoms with Crippen LogP contribution in [0.15, 0.2) is 79.0 Å². The summed E-state index contributed by atoms with van der Waals surface area (Å²) in [6.45, 7) is 3.37. The second-order valence-electron chi connectivity index (χ2n) is 9.54. The first-order chi connectivity index (χ1) is 17.2. The molecule has 2 unspecified atom stereocenters. The summed E-state index contributed by atoms with van der Waals surface area (Å²) in [7, 11) is 0. The number of ketones is 1. The number of phenols is 1. The van der Waals surface area contributed by atoms with Crippen molar-refractivity contribution in [2.45, 2.75) is 24.9 Å². The second-order valence-corrected chi connectivity index (χ2v) is 9.54. The number of aromatic hydroxyl groups is 1. The highest BCUT2D eigenvalue weighted by Crippen LogP contribution is 2.31. The molecule has 0 bridgehead atoms. The molecule has 0 radical (unpaired) electrons. The van der Waals surface area contributed by atoms with E-state index in [-0.39, 0.29) is 23.6 Å². The Kier molecular flexibility index (Phi) is 5.66. The molecule has 35 heavy (non-hydrogen) atoms. The number of nitrogens with one attached hydrogen (secondary N) is 2. The Morgan fingerprint density at radius 3 is 2.54 bits per heavy atom. The summed E-state index contributed by atoms with van der Waals surface area (Å²) >= 11 is 0. The molecule has 6 rings (SSSR count). The van der Waals surface area contributed by atoms with Gasteiger partial charge in [-0.15, -0.1) is 0 Å². The van der Waals surface area contributed by atoms with Crippen molar-refractivity contribution in [2.24, 2.45) is 0 Å². The number of benzene rings is 3. The maximum atomic E-state index is 13.9. The van der Waals surface area contributed by atoms with Gasteiger partial charge in [0.15, 0.2) is 5.78 Å². The summed E-state index contributed by atoms with van der Waals surface area (Å²) in [5.74, 6) is 0.290. The maximum absolute atomic E-state index is 13.9. The molecule has 0 aliphatic carbocycles. The van der Waals surface area contributed by atoms with E-state index in [0.29, 0.717) is 5.56 Å². The van der Waals surface area contributed by atoms with Crippen LogP contribution < -0.4 is 10.2 Å². The van der Waals surface area contributed by atoms with Crippen LogP contribution >= 0.6 is 0 Å². The van der Waals surface area contributed by atoms with Gasteiger partial charge in [-0.05, 0) is 66.9 Å². The van der Waals surface area contributed by atoms with Crippen molar-refractivity contribution in [3.63, 3.8) is 0 Å². The van der Waals surface area contributed by atoms with Crippen molar-refractivity contribution in [1.29, 1.82) is 0 Å². The molecule has 3 aromatic carbocycles. The SMILES string of the molecule is O=C(c1ccc(O)cc1)C(C1CCc2ccccc2N1)N1CCN(c2cccc3[nH]ccc23)CC1. The summed E-state index contributed by atoms with van der Waals surface area (Å²) in [6, 6.07) is 23.4. The Hall–Kier alpha value is -3.77. The number of aromatic amines is 1. The zero-order valence-electron chi connectivity index (χ0n) is 19.7. The molecule has 1 fully saturated rings. The monoisotopic (exact) mass is 466 g/mol. The van der Waals surface area contributed by atoms with Crippen molar-refractivity contribution in [3.05, 3.63) is 90.1 Å². The van der Waals surface area contributed by atoms with E-state index in [1.54, 1.807) is 24.3 Å². The van der Waals surface area contributed by atoms with E-state index in [0.717, 1.165) is 50.2 Å². The van der Waals surface area contributed by atoms with Gasteiger partial charge in [0.25, 0.3) is 0 Å². The van der Waals surface area contributed by atoms with Crippen LogP contribution in [0.1, 0.15) is 22.3 Å². The Labute approximate surface area is 205 Å². The predicted molar refractivity (Wildman–Crippen MR) is 140 cm³/mol. The van der Waals surface area contributed by atoms with Crippen molar-refractivity contribution in [2.75, 3.05) is 36.4 Å².